The molecule has 0 saturated heterocycles. The molecule has 1 heterocycles. The van der Waals surface area contributed by atoms with Gasteiger partial charge in [0.05, 0.1) is 12.1 Å². The quantitative estimate of drug-likeness (QED) is 0.771. The topological polar surface area (TPSA) is 46.9 Å². The number of hydrogen-bond donors (Lipinski definition) is 1. The first kappa shape index (κ1) is 19.0. The van der Waals surface area contributed by atoms with Gasteiger partial charge in [-0.2, -0.15) is 5.10 Å². The summed E-state index contributed by atoms with van der Waals surface area (Å²) in [6.07, 6.45) is 10.4. The fourth-order valence-corrected chi connectivity index (χ4v) is 6.80. The molecule has 4 bridgehead atoms. The molecule has 4 aliphatic rings. The predicted molar refractivity (Wildman–Crippen MR) is 108 cm³/mol. The maximum Gasteiger partial charge on any atom is 0.224 e. The first-order valence-corrected chi connectivity index (χ1v) is 11.1. The highest BCUT2D eigenvalue weighted by molar-refractivity contribution is 5.79. The zero-order chi connectivity index (χ0) is 19.2. The van der Waals surface area contributed by atoms with Crippen molar-refractivity contribution in [2.45, 2.75) is 85.6 Å². The van der Waals surface area contributed by atoms with Gasteiger partial charge in [-0.25, -0.2) is 0 Å². The number of carbonyl (C=O) groups excluding carboxylic acids is 1. The van der Waals surface area contributed by atoms with E-state index in [1.165, 1.54) is 44.9 Å². The Hall–Kier alpha value is -1.32. The lowest BCUT2D eigenvalue weighted by atomic mass is 9.49. The first-order chi connectivity index (χ1) is 12.8. The molecule has 4 aliphatic carbocycles. The molecule has 4 fully saturated rings. The van der Waals surface area contributed by atoms with Crippen LogP contribution in [0.4, 0.5) is 0 Å². The lowest BCUT2D eigenvalue weighted by Crippen LogP contribution is -2.47. The molecule has 5 rings (SSSR count). The van der Waals surface area contributed by atoms with Gasteiger partial charge < -0.3 is 5.32 Å². The van der Waals surface area contributed by atoms with Crippen LogP contribution in [0.1, 0.15) is 75.7 Å². The summed E-state index contributed by atoms with van der Waals surface area (Å²) < 4.78 is 2.07. The second kappa shape index (κ2) is 7.25. The van der Waals surface area contributed by atoms with Gasteiger partial charge in [0.1, 0.15) is 0 Å². The normalized spacial score (nSPS) is 31.7. The maximum absolute atomic E-state index is 12.6. The molecule has 1 amide bonds. The van der Waals surface area contributed by atoms with E-state index in [9.17, 15) is 4.79 Å². The number of nitrogens with one attached hydrogen (secondary N) is 1. The molecule has 0 aromatic carbocycles. The smallest absolute Gasteiger partial charge is 0.224 e. The highest BCUT2D eigenvalue weighted by Gasteiger charge is 2.50. The molecule has 4 nitrogen and oxygen atoms in total. The van der Waals surface area contributed by atoms with E-state index in [0.717, 1.165) is 47.8 Å². The van der Waals surface area contributed by atoms with Crippen LogP contribution in [-0.4, -0.2) is 22.2 Å². The van der Waals surface area contributed by atoms with Gasteiger partial charge in [-0.1, -0.05) is 13.8 Å². The van der Waals surface area contributed by atoms with E-state index in [1.54, 1.807) is 0 Å². The van der Waals surface area contributed by atoms with Crippen molar-refractivity contribution in [2.75, 3.05) is 6.54 Å². The molecule has 1 aromatic heterocycles. The average Bonchev–Trinajstić information content (AvgIpc) is 2.80. The van der Waals surface area contributed by atoms with Gasteiger partial charge in [0.2, 0.25) is 5.91 Å². The van der Waals surface area contributed by atoms with E-state index < -0.39 is 0 Å². The zero-order valence-corrected chi connectivity index (χ0v) is 17.7. The van der Waals surface area contributed by atoms with Crippen molar-refractivity contribution in [3.63, 3.8) is 0 Å². The third-order valence-corrected chi connectivity index (χ3v) is 7.55. The Morgan fingerprint density at radius 1 is 1.15 bits per heavy atom. The lowest BCUT2D eigenvalue weighted by Gasteiger charge is -2.57. The van der Waals surface area contributed by atoms with Gasteiger partial charge in [-0.05, 0) is 87.9 Å². The van der Waals surface area contributed by atoms with Crippen molar-refractivity contribution in [3.05, 3.63) is 17.0 Å². The minimum Gasteiger partial charge on any atom is -0.356 e. The molecular formula is C23H37N3O. The molecule has 0 unspecified atom stereocenters. The van der Waals surface area contributed by atoms with Crippen molar-refractivity contribution in [2.24, 2.45) is 29.1 Å². The van der Waals surface area contributed by atoms with Gasteiger partial charge in [-0.3, -0.25) is 9.48 Å². The Morgan fingerprint density at radius 3 is 2.30 bits per heavy atom. The second-order valence-corrected chi connectivity index (χ2v) is 10.4. The molecule has 0 aliphatic heterocycles. The van der Waals surface area contributed by atoms with Crippen LogP contribution in [0.3, 0.4) is 0 Å². The third kappa shape index (κ3) is 3.95. The van der Waals surface area contributed by atoms with Crippen molar-refractivity contribution >= 4 is 5.91 Å². The average molecular weight is 372 g/mol. The number of aryl methyl sites for hydroxylation is 1. The number of rotatable bonds is 7. The molecule has 27 heavy (non-hydrogen) atoms. The molecule has 4 heteroatoms. The Balaban J connectivity index is 1.30. The number of carbonyl (C=O) groups is 1. The van der Waals surface area contributed by atoms with E-state index >= 15 is 0 Å². The maximum atomic E-state index is 12.6. The van der Waals surface area contributed by atoms with Crippen LogP contribution in [0, 0.1) is 42.9 Å². The minimum atomic E-state index is 0.162. The number of nitrogens with zero attached hydrogens (tertiary/aromatic N) is 2. The Labute approximate surface area is 164 Å². The summed E-state index contributed by atoms with van der Waals surface area (Å²) in [5, 5.41) is 7.88. The summed E-state index contributed by atoms with van der Waals surface area (Å²) >= 11 is 0. The van der Waals surface area contributed by atoms with Crippen LogP contribution in [0.2, 0.25) is 0 Å². The Bertz CT molecular complexity index is 667. The van der Waals surface area contributed by atoms with E-state index in [0.29, 0.717) is 17.8 Å². The number of aromatic nitrogens is 2. The molecule has 1 aromatic rings. The highest BCUT2D eigenvalue weighted by atomic mass is 16.1. The van der Waals surface area contributed by atoms with Crippen LogP contribution in [-0.2, 0) is 17.8 Å². The second-order valence-electron chi connectivity index (χ2n) is 10.4. The van der Waals surface area contributed by atoms with Crippen LogP contribution in [0.25, 0.3) is 0 Å². The third-order valence-electron chi connectivity index (χ3n) is 7.55. The molecular weight excluding hydrogens is 334 g/mol. The van der Waals surface area contributed by atoms with E-state index in [2.05, 4.69) is 35.9 Å². The summed E-state index contributed by atoms with van der Waals surface area (Å²) in [6, 6.07) is 0. The van der Waals surface area contributed by atoms with Gasteiger partial charge in [0.15, 0.2) is 0 Å². The Morgan fingerprint density at radius 2 is 1.74 bits per heavy atom. The molecule has 150 valence electrons. The van der Waals surface area contributed by atoms with Crippen LogP contribution in [0.5, 0.6) is 0 Å². The summed E-state index contributed by atoms with van der Waals surface area (Å²) in [5.41, 5.74) is 3.82. The highest BCUT2D eigenvalue weighted by Crippen LogP contribution is 2.61. The summed E-state index contributed by atoms with van der Waals surface area (Å²) in [6.45, 7) is 10.3. The summed E-state index contributed by atoms with van der Waals surface area (Å²) in [4.78, 5) is 12.6. The molecule has 1 N–H and O–H groups in total. The number of amides is 1. The molecule has 4 saturated carbocycles. The number of hydrogen-bond acceptors (Lipinski definition) is 2. The van der Waals surface area contributed by atoms with Gasteiger partial charge >= 0.3 is 0 Å². The largest absolute Gasteiger partial charge is 0.356 e. The fourth-order valence-electron chi connectivity index (χ4n) is 6.80. The monoisotopic (exact) mass is 371 g/mol. The van der Waals surface area contributed by atoms with Crippen LogP contribution >= 0.6 is 0 Å². The fraction of sp³-hybridized carbons (Fsp3) is 0.826. The van der Waals surface area contributed by atoms with Crippen molar-refractivity contribution in [1.82, 2.24) is 15.1 Å². The summed E-state index contributed by atoms with van der Waals surface area (Å²) in [5.74, 6) is 3.69. The predicted octanol–water partition coefficient (Wildman–Crippen LogP) is 4.42. The molecule has 0 spiro atoms. The van der Waals surface area contributed by atoms with E-state index in [4.69, 9.17) is 0 Å². The Kier molecular flexibility index (Phi) is 5.11. The molecule has 0 radical (unpaired) electrons. The first-order valence-electron chi connectivity index (χ1n) is 11.1. The molecule has 0 atom stereocenters. The van der Waals surface area contributed by atoms with E-state index in [1.807, 2.05) is 6.92 Å². The minimum absolute atomic E-state index is 0.162. The van der Waals surface area contributed by atoms with Crippen molar-refractivity contribution in [1.29, 1.82) is 0 Å². The van der Waals surface area contributed by atoms with Crippen molar-refractivity contribution < 1.29 is 4.79 Å². The standard InChI is InChI=1S/C23H37N3O/c1-15(2)14-26-17(4)21(16(3)25-26)10-22(27)24-6-5-23-11-18-7-19(12-23)9-20(8-18)13-23/h15,18-20H,5-14H2,1-4H3,(H,24,27). The SMILES string of the molecule is Cc1nn(CC(C)C)c(C)c1CC(=O)NCCC12CC3CC(CC(C3)C1)C2. The van der Waals surface area contributed by atoms with E-state index in [-0.39, 0.29) is 5.91 Å². The van der Waals surface area contributed by atoms with Crippen LogP contribution in [0.15, 0.2) is 0 Å². The van der Waals surface area contributed by atoms with Gasteiger partial charge in [0.25, 0.3) is 0 Å². The van der Waals surface area contributed by atoms with Crippen molar-refractivity contribution in [3.8, 4) is 0 Å². The lowest BCUT2D eigenvalue weighted by molar-refractivity contribution is -0.120. The van der Waals surface area contributed by atoms with Crippen LogP contribution < -0.4 is 5.32 Å². The van der Waals surface area contributed by atoms with Gasteiger partial charge in [-0.15, -0.1) is 0 Å². The zero-order valence-electron chi connectivity index (χ0n) is 17.7. The van der Waals surface area contributed by atoms with Gasteiger partial charge in [0, 0.05) is 24.3 Å². The summed E-state index contributed by atoms with van der Waals surface area (Å²) in [7, 11) is 0.